The van der Waals surface area contributed by atoms with E-state index in [1.807, 2.05) is 39.8 Å². The van der Waals surface area contributed by atoms with E-state index in [-0.39, 0.29) is 11.3 Å². The van der Waals surface area contributed by atoms with Crippen molar-refractivity contribution >= 4 is 11.3 Å². The molecule has 8 heteroatoms. The molecule has 31 heavy (non-hydrogen) atoms. The van der Waals surface area contributed by atoms with Crippen LogP contribution in [0.5, 0.6) is 0 Å². The number of alkyl halides is 3. The van der Waals surface area contributed by atoms with E-state index in [0.29, 0.717) is 12.2 Å². The van der Waals surface area contributed by atoms with E-state index in [0.717, 1.165) is 40.1 Å². The van der Waals surface area contributed by atoms with Crippen molar-refractivity contribution in [3.8, 4) is 11.3 Å². The Balaban J connectivity index is 1.79. The topological polar surface area (TPSA) is 55.1 Å². The average Bonchev–Trinajstić information content (AvgIpc) is 3.01. The zero-order valence-corrected chi connectivity index (χ0v) is 17.7. The number of imidazole rings is 1. The van der Waals surface area contributed by atoms with Gasteiger partial charge in [0.15, 0.2) is 5.65 Å². The molecule has 4 aromatic rings. The Morgan fingerprint density at radius 1 is 0.935 bits per heavy atom. The quantitative estimate of drug-likeness (QED) is 0.459. The molecule has 0 aliphatic carbocycles. The monoisotopic (exact) mass is 425 g/mol. The summed E-state index contributed by atoms with van der Waals surface area (Å²) in [4.78, 5) is 8.96. The first-order valence-electron chi connectivity index (χ1n) is 9.85. The molecular formula is C23H22F3N5. The van der Waals surface area contributed by atoms with Crippen LogP contribution in [0.15, 0.2) is 42.5 Å². The molecule has 3 aromatic heterocycles. The Bertz CT molecular complexity index is 1250. The Labute approximate surface area is 178 Å². The molecule has 4 rings (SSSR count). The molecule has 1 N–H and O–H groups in total. The Hall–Kier alpha value is -3.42. The summed E-state index contributed by atoms with van der Waals surface area (Å²) < 4.78 is 42.3. The number of aromatic nitrogens is 4. The molecule has 160 valence electrons. The summed E-state index contributed by atoms with van der Waals surface area (Å²) in [5.41, 5.74) is 5.25. The van der Waals surface area contributed by atoms with Crippen molar-refractivity contribution in [2.24, 2.45) is 0 Å². The summed E-state index contributed by atoms with van der Waals surface area (Å²) in [6.45, 7) is 7.97. The summed E-state index contributed by atoms with van der Waals surface area (Å²) >= 11 is 0. The zero-order valence-electron chi connectivity index (χ0n) is 17.7. The Morgan fingerprint density at radius 2 is 1.61 bits per heavy atom. The molecule has 5 nitrogen and oxygen atoms in total. The second-order valence-electron chi connectivity index (χ2n) is 7.63. The van der Waals surface area contributed by atoms with Gasteiger partial charge in [-0.05, 0) is 57.5 Å². The molecule has 0 fully saturated rings. The van der Waals surface area contributed by atoms with Gasteiger partial charge < -0.3 is 5.32 Å². The number of halogens is 3. The fourth-order valence-electron chi connectivity index (χ4n) is 3.73. The molecule has 0 bridgehead atoms. The fraction of sp³-hybridized carbons (Fsp3) is 0.261. The van der Waals surface area contributed by atoms with Crippen LogP contribution in [0.4, 0.5) is 18.9 Å². The number of nitrogens with zero attached hydrogens (tertiary/aromatic N) is 4. The minimum Gasteiger partial charge on any atom is -0.379 e. The Kier molecular flexibility index (Phi) is 5.16. The molecule has 0 atom stereocenters. The van der Waals surface area contributed by atoms with Crippen molar-refractivity contribution in [3.63, 3.8) is 0 Å². The highest BCUT2D eigenvalue weighted by atomic mass is 19.4. The maximum absolute atomic E-state index is 13.5. The van der Waals surface area contributed by atoms with Crippen molar-refractivity contribution in [1.82, 2.24) is 19.6 Å². The van der Waals surface area contributed by atoms with Crippen LogP contribution in [-0.2, 0) is 12.7 Å². The lowest BCUT2D eigenvalue weighted by Crippen LogP contribution is -2.10. The van der Waals surface area contributed by atoms with Crippen LogP contribution in [0, 0.1) is 27.7 Å². The summed E-state index contributed by atoms with van der Waals surface area (Å²) in [7, 11) is 0. The number of nitrogens with one attached hydrogen (secondary N) is 1. The minimum atomic E-state index is -4.46. The van der Waals surface area contributed by atoms with Crippen LogP contribution in [0.3, 0.4) is 0 Å². The number of hydrogen-bond donors (Lipinski definition) is 1. The van der Waals surface area contributed by atoms with Gasteiger partial charge in [0.2, 0.25) is 0 Å². The molecule has 3 heterocycles. The van der Waals surface area contributed by atoms with Crippen LogP contribution < -0.4 is 5.32 Å². The molecule has 0 radical (unpaired) electrons. The van der Waals surface area contributed by atoms with Gasteiger partial charge in [-0.1, -0.05) is 18.2 Å². The minimum absolute atomic E-state index is 0.0469. The first-order chi connectivity index (χ1) is 14.6. The molecule has 0 unspecified atom stereocenters. The van der Waals surface area contributed by atoms with Gasteiger partial charge in [0, 0.05) is 22.6 Å². The first-order valence-corrected chi connectivity index (χ1v) is 9.85. The van der Waals surface area contributed by atoms with Gasteiger partial charge in [-0.2, -0.15) is 18.3 Å². The third kappa shape index (κ3) is 4.10. The molecule has 1 aromatic carbocycles. The van der Waals surface area contributed by atoms with Crippen LogP contribution in [0.2, 0.25) is 0 Å². The zero-order chi connectivity index (χ0) is 22.3. The van der Waals surface area contributed by atoms with Crippen LogP contribution in [0.25, 0.3) is 16.9 Å². The first kappa shape index (κ1) is 20.8. The third-order valence-corrected chi connectivity index (χ3v) is 5.11. The number of anilines is 1. The summed E-state index contributed by atoms with van der Waals surface area (Å²) in [5, 5.41) is 7.91. The lowest BCUT2D eigenvalue weighted by molar-refractivity contribution is -0.137. The highest BCUT2D eigenvalue weighted by molar-refractivity contribution is 5.67. The van der Waals surface area contributed by atoms with Crippen LogP contribution in [-0.4, -0.2) is 19.6 Å². The number of fused-ring (bicyclic) bond motifs is 1. The molecule has 0 saturated carbocycles. The maximum Gasteiger partial charge on any atom is 0.417 e. The molecular weight excluding hydrogens is 403 g/mol. The molecule has 0 aliphatic rings. The van der Waals surface area contributed by atoms with Crippen molar-refractivity contribution in [2.45, 2.75) is 40.4 Å². The van der Waals surface area contributed by atoms with E-state index in [9.17, 15) is 13.2 Å². The highest BCUT2D eigenvalue weighted by Crippen LogP contribution is 2.36. The fourth-order valence-corrected chi connectivity index (χ4v) is 3.73. The Morgan fingerprint density at radius 3 is 2.29 bits per heavy atom. The predicted molar refractivity (Wildman–Crippen MR) is 114 cm³/mol. The van der Waals surface area contributed by atoms with Crippen LogP contribution >= 0.6 is 0 Å². The SMILES string of the molecule is Cc1cc(NCc2c(C)nc3c(C)cc(-c4ccccc4C(F)(F)F)nn23)cc(C)n1. The van der Waals surface area contributed by atoms with Gasteiger partial charge in [0.1, 0.15) is 0 Å². The second kappa shape index (κ2) is 7.68. The van der Waals surface area contributed by atoms with Crippen molar-refractivity contribution in [2.75, 3.05) is 5.32 Å². The summed E-state index contributed by atoms with van der Waals surface area (Å²) in [6, 6.07) is 11.0. The highest BCUT2D eigenvalue weighted by Gasteiger charge is 2.34. The van der Waals surface area contributed by atoms with E-state index in [1.54, 1.807) is 16.6 Å². The third-order valence-electron chi connectivity index (χ3n) is 5.11. The number of pyridine rings is 1. The van der Waals surface area contributed by atoms with Crippen molar-refractivity contribution in [3.05, 3.63) is 76.4 Å². The number of benzene rings is 1. The molecule has 0 aliphatic heterocycles. The van der Waals surface area contributed by atoms with E-state index in [4.69, 9.17) is 0 Å². The van der Waals surface area contributed by atoms with Crippen LogP contribution in [0.1, 0.15) is 33.9 Å². The predicted octanol–water partition coefficient (Wildman–Crippen LogP) is 5.66. The lowest BCUT2D eigenvalue weighted by atomic mass is 10.0. The molecule has 0 spiro atoms. The smallest absolute Gasteiger partial charge is 0.379 e. The van der Waals surface area contributed by atoms with E-state index >= 15 is 0 Å². The normalized spacial score (nSPS) is 11.8. The second-order valence-corrected chi connectivity index (χ2v) is 7.63. The van der Waals surface area contributed by atoms with Gasteiger partial charge in [0.05, 0.1) is 29.2 Å². The van der Waals surface area contributed by atoms with Crippen molar-refractivity contribution < 1.29 is 13.2 Å². The van der Waals surface area contributed by atoms with Crippen molar-refractivity contribution in [1.29, 1.82) is 0 Å². The largest absolute Gasteiger partial charge is 0.417 e. The average molecular weight is 425 g/mol. The van der Waals surface area contributed by atoms with Gasteiger partial charge in [0.25, 0.3) is 0 Å². The number of rotatable bonds is 4. The standard InChI is InChI=1S/C23H22F3N5/c1-13-9-20(18-7-5-6-8-19(18)23(24,25)26)30-31-21(16(4)29-22(13)31)12-27-17-10-14(2)28-15(3)11-17/h5-11H,12H2,1-4H3,(H,27,28). The molecule has 0 saturated heterocycles. The maximum atomic E-state index is 13.5. The van der Waals surface area contributed by atoms with Gasteiger partial charge in [-0.25, -0.2) is 9.50 Å². The summed E-state index contributed by atoms with van der Waals surface area (Å²) in [6.07, 6.45) is -4.46. The lowest BCUT2D eigenvalue weighted by Gasteiger charge is -2.14. The van der Waals surface area contributed by atoms with E-state index in [1.165, 1.54) is 12.1 Å². The summed E-state index contributed by atoms with van der Waals surface area (Å²) in [5.74, 6) is 0. The van der Waals surface area contributed by atoms with E-state index in [2.05, 4.69) is 20.4 Å². The number of hydrogen-bond acceptors (Lipinski definition) is 4. The van der Waals surface area contributed by atoms with Gasteiger partial charge in [-0.15, -0.1) is 0 Å². The van der Waals surface area contributed by atoms with Gasteiger partial charge in [-0.3, -0.25) is 4.98 Å². The number of aryl methyl sites for hydroxylation is 4. The molecule has 0 amide bonds. The van der Waals surface area contributed by atoms with E-state index < -0.39 is 11.7 Å². The van der Waals surface area contributed by atoms with Gasteiger partial charge >= 0.3 is 6.18 Å².